The first-order chi connectivity index (χ1) is 7.16. The van der Waals surface area contributed by atoms with Gasteiger partial charge in [0.05, 0.1) is 0 Å². The zero-order valence-corrected chi connectivity index (χ0v) is 9.49. The molecule has 2 atom stereocenters. The molecule has 0 amide bonds. The number of ether oxygens (including phenoxy) is 1. The van der Waals surface area contributed by atoms with Gasteiger partial charge in [0.1, 0.15) is 11.9 Å². The fourth-order valence-electron chi connectivity index (χ4n) is 1.94. The van der Waals surface area contributed by atoms with E-state index < -0.39 is 0 Å². The van der Waals surface area contributed by atoms with Gasteiger partial charge in [-0.25, -0.2) is 0 Å². The van der Waals surface area contributed by atoms with Gasteiger partial charge in [0.15, 0.2) is 0 Å². The molecule has 0 bridgehead atoms. The number of fused-ring (bicyclic) bond motifs is 1. The molecule has 1 aromatic carbocycles. The van der Waals surface area contributed by atoms with E-state index >= 15 is 0 Å². The Bertz CT molecular complexity index is 346. The van der Waals surface area contributed by atoms with Crippen molar-refractivity contribution in [3.8, 4) is 5.75 Å². The maximum atomic E-state index is 5.78. The average Bonchev–Trinajstić information content (AvgIpc) is 2.64. The van der Waals surface area contributed by atoms with Gasteiger partial charge in [0.2, 0.25) is 0 Å². The van der Waals surface area contributed by atoms with Crippen LogP contribution in [-0.4, -0.2) is 12.1 Å². The molecule has 2 unspecified atom stereocenters. The summed E-state index contributed by atoms with van der Waals surface area (Å²) in [5.41, 5.74) is 8.70. The van der Waals surface area contributed by atoms with E-state index in [1.807, 2.05) is 13.8 Å². The largest absolute Gasteiger partial charge is 0.489 e. The lowest BCUT2D eigenvalue weighted by Gasteiger charge is -2.18. The van der Waals surface area contributed by atoms with Crippen molar-refractivity contribution >= 4 is 0 Å². The number of rotatable bonds is 3. The first-order valence-electron chi connectivity index (χ1n) is 5.71. The van der Waals surface area contributed by atoms with Crippen LogP contribution in [0.2, 0.25) is 0 Å². The summed E-state index contributed by atoms with van der Waals surface area (Å²) in [4.78, 5) is 0. The molecule has 2 N–H and O–H groups in total. The molecular weight excluding hydrogens is 186 g/mol. The second kappa shape index (κ2) is 4.23. The van der Waals surface area contributed by atoms with Crippen molar-refractivity contribution in [1.82, 2.24) is 0 Å². The van der Waals surface area contributed by atoms with Crippen molar-refractivity contribution in [1.29, 1.82) is 0 Å². The second-order valence-electron chi connectivity index (χ2n) is 4.47. The van der Waals surface area contributed by atoms with E-state index in [1.54, 1.807) is 0 Å². The highest BCUT2D eigenvalue weighted by Gasteiger charge is 2.13. The predicted molar refractivity (Wildman–Crippen MR) is 62.2 cm³/mol. The van der Waals surface area contributed by atoms with Gasteiger partial charge in [-0.3, -0.25) is 0 Å². The molecule has 0 saturated heterocycles. The lowest BCUT2D eigenvalue weighted by molar-refractivity contribution is 0.196. The second-order valence-corrected chi connectivity index (χ2v) is 4.47. The normalized spacial score (nSPS) is 18.3. The molecular formula is C13H19NO. The van der Waals surface area contributed by atoms with Crippen LogP contribution >= 0.6 is 0 Å². The minimum Gasteiger partial charge on any atom is -0.489 e. The smallest absolute Gasteiger partial charge is 0.120 e. The van der Waals surface area contributed by atoms with E-state index in [9.17, 15) is 0 Å². The Balaban J connectivity index is 2.10. The maximum absolute atomic E-state index is 5.78. The Morgan fingerprint density at radius 2 is 1.93 bits per heavy atom. The Morgan fingerprint density at radius 3 is 2.67 bits per heavy atom. The zero-order valence-electron chi connectivity index (χ0n) is 9.49. The zero-order chi connectivity index (χ0) is 10.8. The third-order valence-corrected chi connectivity index (χ3v) is 3.13. The van der Waals surface area contributed by atoms with Gasteiger partial charge in [-0.2, -0.15) is 0 Å². The molecule has 0 radical (unpaired) electrons. The van der Waals surface area contributed by atoms with E-state index in [4.69, 9.17) is 10.5 Å². The molecule has 2 nitrogen and oxygen atoms in total. The Kier molecular flexibility index (Phi) is 2.96. The summed E-state index contributed by atoms with van der Waals surface area (Å²) < 4.78 is 5.78. The molecule has 0 spiro atoms. The van der Waals surface area contributed by atoms with Crippen molar-refractivity contribution in [3.63, 3.8) is 0 Å². The monoisotopic (exact) mass is 205 g/mol. The quantitative estimate of drug-likeness (QED) is 0.821. The standard InChI is InChI=1S/C13H19NO/c1-9(14)10(2)15-13-7-6-11-4-3-5-12(11)8-13/h6-10H,3-5,14H2,1-2H3. The van der Waals surface area contributed by atoms with E-state index in [-0.39, 0.29) is 12.1 Å². The van der Waals surface area contributed by atoms with Crippen LogP contribution in [0.3, 0.4) is 0 Å². The lowest BCUT2D eigenvalue weighted by atomic mass is 10.1. The Labute approximate surface area is 91.4 Å². The third-order valence-electron chi connectivity index (χ3n) is 3.13. The molecule has 1 aliphatic carbocycles. The van der Waals surface area contributed by atoms with Crippen molar-refractivity contribution in [3.05, 3.63) is 29.3 Å². The Morgan fingerprint density at radius 1 is 1.20 bits per heavy atom. The van der Waals surface area contributed by atoms with Crippen LogP contribution < -0.4 is 10.5 Å². The fourth-order valence-corrected chi connectivity index (χ4v) is 1.94. The van der Waals surface area contributed by atoms with E-state index in [2.05, 4.69) is 18.2 Å². The van der Waals surface area contributed by atoms with Gasteiger partial charge in [-0.1, -0.05) is 6.07 Å². The summed E-state index contributed by atoms with van der Waals surface area (Å²) in [6.07, 6.45) is 3.77. The van der Waals surface area contributed by atoms with E-state index in [1.165, 1.54) is 30.4 Å². The van der Waals surface area contributed by atoms with E-state index in [0.29, 0.717) is 0 Å². The Hall–Kier alpha value is -1.02. The SMILES string of the molecule is CC(N)C(C)Oc1ccc2c(c1)CCC2. The van der Waals surface area contributed by atoms with Gasteiger partial charge >= 0.3 is 0 Å². The number of benzene rings is 1. The van der Waals surface area contributed by atoms with Crippen molar-refractivity contribution in [2.24, 2.45) is 5.73 Å². The molecule has 1 aliphatic rings. The van der Waals surface area contributed by atoms with Gasteiger partial charge in [-0.15, -0.1) is 0 Å². The summed E-state index contributed by atoms with van der Waals surface area (Å²) in [5, 5.41) is 0. The van der Waals surface area contributed by atoms with Crippen LogP contribution in [0.1, 0.15) is 31.4 Å². The molecule has 0 fully saturated rings. The van der Waals surface area contributed by atoms with Gasteiger partial charge in [-0.05, 0) is 56.4 Å². The molecule has 2 heteroatoms. The minimum atomic E-state index is 0.0678. The number of hydrogen-bond acceptors (Lipinski definition) is 2. The summed E-state index contributed by atoms with van der Waals surface area (Å²) in [6.45, 7) is 3.98. The van der Waals surface area contributed by atoms with E-state index in [0.717, 1.165) is 5.75 Å². The fraction of sp³-hybridized carbons (Fsp3) is 0.538. The highest BCUT2D eigenvalue weighted by atomic mass is 16.5. The first-order valence-corrected chi connectivity index (χ1v) is 5.71. The van der Waals surface area contributed by atoms with Crippen LogP contribution in [0.15, 0.2) is 18.2 Å². The van der Waals surface area contributed by atoms with Crippen molar-refractivity contribution < 1.29 is 4.74 Å². The van der Waals surface area contributed by atoms with Crippen molar-refractivity contribution in [2.75, 3.05) is 0 Å². The van der Waals surface area contributed by atoms with Crippen LogP contribution in [0.4, 0.5) is 0 Å². The topological polar surface area (TPSA) is 35.2 Å². The molecule has 0 aliphatic heterocycles. The molecule has 1 aromatic rings. The number of nitrogens with two attached hydrogens (primary N) is 1. The molecule has 0 heterocycles. The van der Waals surface area contributed by atoms with Gasteiger partial charge in [0, 0.05) is 6.04 Å². The summed E-state index contributed by atoms with van der Waals surface area (Å²) in [7, 11) is 0. The first kappa shape index (κ1) is 10.5. The summed E-state index contributed by atoms with van der Waals surface area (Å²) in [5.74, 6) is 0.959. The van der Waals surface area contributed by atoms with Crippen LogP contribution in [0, 0.1) is 0 Å². The highest BCUT2D eigenvalue weighted by Crippen LogP contribution is 2.26. The molecule has 15 heavy (non-hydrogen) atoms. The molecule has 0 saturated carbocycles. The van der Waals surface area contributed by atoms with Crippen LogP contribution in [-0.2, 0) is 12.8 Å². The van der Waals surface area contributed by atoms with Crippen LogP contribution in [0.5, 0.6) is 5.75 Å². The number of aryl methyl sites for hydroxylation is 2. The summed E-state index contributed by atoms with van der Waals surface area (Å²) >= 11 is 0. The lowest BCUT2D eigenvalue weighted by Crippen LogP contribution is -2.33. The van der Waals surface area contributed by atoms with Gasteiger partial charge < -0.3 is 10.5 Å². The molecule has 82 valence electrons. The third kappa shape index (κ3) is 2.32. The van der Waals surface area contributed by atoms with Crippen molar-refractivity contribution in [2.45, 2.75) is 45.3 Å². The maximum Gasteiger partial charge on any atom is 0.120 e. The minimum absolute atomic E-state index is 0.0678. The number of hydrogen-bond donors (Lipinski definition) is 1. The average molecular weight is 205 g/mol. The van der Waals surface area contributed by atoms with Crippen LogP contribution in [0.25, 0.3) is 0 Å². The van der Waals surface area contributed by atoms with Gasteiger partial charge in [0.25, 0.3) is 0 Å². The summed E-state index contributed by atoms with van der Waals surface area (Å²) in [6, 6.07) is 6.48. The molecule has 2 rings (SSSR count). The predicted octanol–water partition coefficient (Wildman–Crippen LogP) is 2.29. The molecule has 0 aromatic heterocycles. The highest BCUT2D eigenvalue weighted by molar-refractivity contribution is 5.38.